The number of carbonyl (C=O) groups excluding carboxylic acids is 2. The van der Waals surface area contributed by atoms with Crippen LogP contribution in [0.4, 0.5) is 4.39 Å². The highest BCUT2D eigenvalue weighted by molar-refractivity contribution is 7.11. The molecule has 0 spiro atoms. The minimum absolute atomic E-state index is 0.0310. The highest BCUT2D eigenvalue weighted by Gasteiger charge is 2.30. The molecule has 1 aromatic heterocycles. The maximum Gasteiger partial charge on any atom is 0.263 e. The van der Waals surface area contributed by atoms with E-state index >= 15 is 0 Å². The Balaban J connectivity index is 1.53. The lowest BCUT2D eigenvalue weighted by Gasteiger charge is -2.17. The van der Waals surface area contributed by atoms with Crippen molar-refractivity contribution in [2.75, 3.05) is 13.1 Å². The molecule has 3 rings (SSSR count). The standard InChI is InChI=1S/C17H18FN3O2S/c1-11-16(24-10-19-11)17(23)20-14-8-15(22)21(9-14)7-6-12-2-4-13(18)5-3-12/h2-5,10,14H,6-9H2,1H3,(H,20,23). The van der Waals surface area contributed by atoms with Crippen LogP contribution in [-0.2, 0) is 11.2 Å². The minimum Gasteiger partial charge on any atom is -0.346 e. The maximum absolute atomic E-state index is 12.9. The molecule has 1 fully saturated rings. The summed E-state index contributed by atoms with van der Waals surface area (Å²) in [4.78, 5) is 30.7. The van der Waals surface area contributed by atoms with Crippen LogP contribution in [0.2, 0.25) is 0 Å². The smallest absolute Gasteiger partial charge is 0.263 e. The van der Waals surface area contributed by atoms with Gasteiger partial charge in [0, 0.05) is 19.5 Å². The van der Waals surface area contributed by atoms with Gasteiger partial charge in [0.25, 0.3) is 5.91 Å². The summed E-state index contributed by atoms with van der Waals surface area (Å²) in [5.74, 6) is -0.409. The van der Waals surface area contributed by atoms with Gasteiger partial charge in [-0.25, -0.2) is 9.37 Å². The number of halogens is 1. The third-order valence-electron chi connectivity index (χ3n) is 4.09. The monoisotopic (exact) mass is 347 g/mol. The van der Waals surface area contributed by atoms with Crippen LogP contribution in [0.1, 0.15) is 27.3 Å². The van der Waals surface area contributed by atoms with E-state index in [1.165, 1.54) is 23.5 Å². The highest BCUT2D eigenvalue weighted by Crippen LogP contribution is 2.16. The Bertz CT molecular complexity index is 745. The van der Waals surface area contributed by atoms with Crippen LogP contribution in [0.15, 0.2) is 29.8 Å². The molecule has 1 atom stereocenters. The molecule has 1 saturated heterocycles. The second-order valence-electron chi connectivity index (χ2n) is 5.86. The predicted octanol–water partition coefficient (Wildman–Crippen LogP) is 2.16. The number of rotatable bonds is 5. The van der Waals surface area contributed by atoms with E-state index in [4.69, 9.17) is 0 Å². The number of amides is 2. The molecule has 2 aromatic rings. The zero-order valence-electron chi connectivity index (χ0n) is 13.3. The number of nitrogens with one attached hydrogen (secondary N) is 1. The van der Waals surface area contributed by atoms with Gasteiger partial charge in [-0.3, -0.25) is 9.59 Å². The number of benzene rings is 1. The molecule has 126 valence electrons. The predicted molar refractivity (Wildman–Crippen MR) is 89.4 cm³/mol. The van der Waals surface area contributed by atoms with Crippen molar-refractivity contribution in [2.24, 2.45) is 0 Å². The summed E-state index contributed by atoms with van der Waals surface area (Å²) in [6.45, 7) is 2.86. The van der Waals surface area contributed by atoms with Crippen LogP contribution in [0, 0.1) is 12.7 Å². The fourth-order valence-corrected chi connectivity index (χ4v) is 3.48. The number of carbonyl (C=O) groups is 2. The second-order valence-corrected chi connectivity index (χ2v) is 6.71. The zero-order valence-corrected chi connectivity index (χ0v) is 14.1. The van der Waals surface area contributed by atoms with Crippen molar-refractivity contribution >= 4 is 23.2 Å². The van der Waals surface area contributed by atoms with Crippen LogP contribution < -0.4 is 5.32 Å². The van der Waals surface area contributed by atoms with E-state index in [0.717, 1.165) is 5.56 Å². The molecule has 1 N–H and O–H groups in total. The quantitative estimate of drug-likeness (QED) is 0.902. The molecule has 1 aliphatic rings. The molecule has 0 aliphatic carbocycles. The van der Waals surface area contributed by atoms with Gasteiger partial charge >= 0.3 is 0 Å². The van der Waals surface area contributed by atoms with Crippen molar-refractivity contribution in [1.82, 2.24) is 15.2 Å². The van der Waals surface area contributed by atoms with E-state index in [-0.39, 0.29) is 23.7 Å². The average molecular weight is 347 g/mol. The lowest BCUT2D eigenvalue weighted by Crippen LogP contribution is -2.37. The molecular weight excluding hydrogens is 329 g/mol. The molecule has 2 heterocycles. The summed E-state index contributed by atoms with van der Waals surface area (Å²) >= 11 is 1.30. The summed E-state index contributed by atoms with van der Waals surface area (Å²) in [6.07, 6.45) is 0.980. The first kappa shape index (κ1) is 16.6. The van der Waals surface area contributed by atoms with Gasteiger partial charge in [-0.1, -0.05) is 12.1 Å². The van der Waals surface area contributed by atoms with Gasteiger partial charge in [0.05, 0.1) is 17.2 Å². The van der Waals surface area contributed by atoms with Gasteiger partial charge < -0.3 is 10.2 Å². The Morgan fingerprint density at radius 1 is 1.42 bits per heavy atom. The fraction of sp³-hybridized carbons (Fsp3) is 0.353. The number of hydrogen-bond donors (Lipinski definition) is 1. The Labute approximate surface area is 143 Å². The SMILES string of the molecule is Cc1ncsc1C(=O)NC1CC(=O)N(CCc2ccc(F)cc2)C1. The van der Waals surface area contributed by atoms with Gasteiger partial charge in [0.15, 0.2) is 0 Å². The summed E-state index contributed by atoms with van der Waals surface area (Å²) in [5.41, 5.74) is 3.32. The Kier molecular flexibility index (Phi) is 4.89. The number of hydrogen-bond acceptors (Lipinski definition) is 4. The molecule has 5 nitrogen and oxygen atoms in total. The van der Waals surface area contributed by atoms with E-state index < -0.39 is 0 Å². The van der Waals surface area contributed by atoms with Gasteiger partial charge in [-0.2, -0.15) is 0 Å². The van der Waals surface area contributed by atoms with Gasteiger partial charge in [0.1, 0.15) is 10.7 Å². The van der Waals surface area contributed by atoms with Crippen LogP contribution in [0.5, 0.6) is 0 Å². The third-order valence-corrected chi connectivity index (χ3v) is 5.01. The Morgan fingerprint density at radius 3 is 2.83 bits per heavy atom. The lowest BCUT2D eigenvalue weighted by molar-refractivity contribution is -0.127. The molecule has 1 unspecified atom stereocenters. The summed E-state index contributed by atoms with van der Waals surface area (Å²) < 4.78 is 12.9. The highest BCUT2D eigenvalue weighted by atomic mass is 32.1. The first-order chi connectivity index (χ1) is 11.5. The summed E-state index contributed by atoms with van der Waals surface area (Å²) in [6, 6.07) is 6.10. The largest absolute Gasteiger partial charge is 0.346 e. The lowest BCUT2D eigenvalue weighted by atomic mass is 10.1. The van der Waals surface area contributed by atoms with E-state index in [0.29, 0.717) is 36.5 Å². The number of aryl methyl sites for hydroxylation is 1. The minimum atomic E-state index is -0.267. The van der Waals surface area contributed by atoms with Crippen molar-refractivity contribution in [3.8, 4) is 0 Å². The van der Waals surface area contributed by atoms with Crippen LogP contribution >= 0.6 is 11.3 Å². The molecule has 7 heteroatoms. The maximum atomic E-state index is 12.9. The Hall–Kier alpha value is -2.28. The van der Waals surface area contributed by atoms with Gasteiger partial charge in [0.2, 0.25) is 5.91 Å². The number of nitrogens with zero attached hydrogens (tertiary/aromatic N) is 2. The molecule has 1 aliphatic heterocycles. The van der Waals surface area contributed by atoms with E-state index in [9.17, 15) is 14.0 Å². The molecule has 24 heavy (non-hydrogen) atoms. The van der Waals surface area contributed by atoms with Crippen molar-refractivity contribution < 1.29 is 14.0 Å². The van der Waals surface area contributed by atoms with Crippen molar-refractivity contribution in [2.45, 2.75) is 25.8 Å². The summed E-state index contributed by atoms with van der Waals surface area (Å²) in [7, 11) is 0. The normalized spacial score (nSPS) is 17.3. The molecule has 2 amide bonds. The van der Waals surface area contributed by atoms with Gasteiger partial charge in [-0.15, -0.1) is 11.3 Å². The van der Waals surface area contributed by atoms with Crippen molar-refractivity contribution in [1.29, 1.82) is 0 Å². The summed E-state index contributed by atoms with van der Waals surface area (Å²) in [5, 5.41) is 2.91. The van der Waals surface area contributed by atoms with Crippen LogP contribution in [-0.4, -0.2) is 40.8 Å². The average Bonchev–Trinajstić information content (AvgIpc) is 3.12. The van der Waals surface area contributed by atoms with Gasteiger partial charge in [-0.05, 0) is 31.0 Å². The number of aromatic nitrogens is 1. The first-order valence-electron chi connectivity index (χ1n) is 7.76. The van der Waals surface area contributed by atoms with E-state index in [1.807, 2.05) is 0 Å². The van der Waals surface area contributed by atoms with Crippen LogP contribution in [0.3, 0.4) is 0 Å². The zero-order chi connectivity index (χ0) is 17.1. The number of thiazole rings is 1. The third kappa shape index (κ3) is 3.79. The molecule has 0 radical (unpaired) electrons. The topological polar surface area (TPSA) is 62.3 Å². The first-order valence-corrected chi connectivity index (χ1v) is 8.64. The second kappa shape index (κ2) is 7.09. The van der Waals surface area contributed by atoms with Crippen molar-refractivity contribution in [3.05, 3.63) is 51.7 Å². The Morgan fingerprint density at radius 2 is 2.17 bits per heavy atom. The molecule has 0 bridgehead atoms. The van der Waals surface area contributed by atoms with Crippen LogP contribution in [0.25, 0.3) is 0 Å². The fourth-order valence-electron chi connectivity index (χ4n) is 2.77. The molecule has 1 aromatic carbocycles. The van der Waals surface area contributed by atoms with E-state index in [2.05, 4.69) is 10.3 Å². The molecular formula is C17H18FN3O2S. The molecule has 0 saturated carbocycles. The van der Waals surface area contributed by atoms with E-state index in [1.54, 1.807) is 29.5 Å². The van der Waals surface area contributed by atoms with Crippen molar-refractivity contribution in [3.63, 3.8) is 0 Å². The number of likely N-dealkylation sites (tertiary alicyclic amines) is 1.